The standard InChI is InChI=1S/C16H22N2O/c1-4-15(19-5-2)16(17-3)14-11-18-10-12-8-6-7-9-13(12)14/h6-11,15-17H,4-5H2,1-3H3. The Morgan fingerprint density at radius 1 is 1.21 bits per heavy atom. The lowest BCUT2D eigenvalue weighted by Crippen LogP contribution is -2.31. The molecule has 0 saturated heterocycles. The van der Waals surface area contributed by atoms with Crippen LogP contribution in [0, 0.1) is 0 Å². The van der Waals surface area contributed by atoms with Gasteiger partial charge >= 0.3 is 0 Å². The third kappa shape index (κ3) is 2.94. The molecule has 0 aliphatic carbocycles. The van der Waals surface area contributed by atoms with E-state index in [4.69, 9.17) is 4.74 Å². The second kappa shape index (κ2) is 6.64. The number of ether oxygens (including phenoxy) is 1. The summed E-state index contributed by atoms with van der Waals surface area (Å²) in [7, 11) is 1.98. The van der Waals surface area contributed by atoms with Crippen molar-refractivity contribution in [3.8, 4) is 0 Å². The van der Waals surface area contributed by atoms with Crippen molar-refractivity contribution in [3.63, 3.8) is 0 Å². The monoisotopic (exact) mass is 258 g/mol. The van der Waals surface area contributed by atoms with Crippen LogP contribution in [0.3, 0.4) is 0 Å². The maximum Gasteiger partial charge on any atom is 0.0767 e. The fourth-order valence-electron chi connectivity index (χ4n) is 2.59. The molecule has 3 nitrogen and oxygen atoms in total. The molecule has 0 amide bonds. The molecule has 1 aromatic carbocycles. The van der Waals surface area contributed by atoms with Crippen LogP contribution >= 0.6 is 0 Å². The summed E-state index contributed by atoms with van der Waals surface area (Å²) in [4.78, 5) is 4.36. The quantitative estimate of drug-likeness (QED) is 0.863. The molecular formula is C16H22N2O. The summed E-state index contributed by atoms with van der Waals surface area (Å²) in [5, 5.41) is 5.80. The number of rotatable bonds is 6. The van der Waals surface area contributed by atoms with Gasteiger partial charge in [0, 0.05) is 24.4 Å². The van der Waals surface area contributed by atoms with Gasteiger partial charge in [0.1, 0.15) is 0 Å². The van der Waals surface area contributed by atoms with Gasteiger partial charge in [0.2, 0.25) is 0 Å². The molecule has 1 N–H and O–H groups in total. The van der Waals surface area contributed by atoms with Crippen LogP contribution < -0.4 is 5.32 Å². The molecule has 2 unspecified atom stereocenters. The molecule has 0 radical (unpaired) electrons. The third-order valence-corrected chi connectivity index (χ3v) is 3.50. The zero-order chi connectivity index (χ0) is 13.7. The van der Waals surface area contributed by atoms with Crippen LogP contribution in [0.4, 0.5) is 0 Å². The average Bonchev–Trinajstić information content (AvgIpc) is 2.47. The first-order chi connectivity index (χ1) is 9.31. The van der Waals surface area contributed by atoms with Crippen molar-refractivity contribution in [2.24, 2.45) is 0 Å². The van der Waals surface area contributed by atoms with Crippen molar-refractivity contribution in [3.05, 3.63) is 42.2 Å². The first-order valence-electron chi connectivity index (χ1n) is 6.93. The van der Waals surface area contributed by atoms with E-state index in [9.17, 15) is 0 Å². The lowest BCUT2D eigenvalue weighted by atomic mass is 9.96. The number of aromatic nitrogens is 1. The SMILES string of the molecule is CCOC(CC)C(NC)c1cncc2ccccc12. The van der Waals surface area contributed by atoms with Crippen molar-refractivity contribution in [2.75, 3.05) is 13.7 Å². The Morgan fingerprint density at radius 2 is 2.00 bits per heavy atom. The molecule has 0 fully saturated rings. The second-order valence-electron chi connectivity index (χ2n) is 4.62. The van der Waals surface area contributed by atoms with Gasteiger partial charge in [-0.25, -0.2) is 0 Å². The number of fused-ring (bicyclic) bond motifs is 1. The molecule has 0 aliphatic rings. The first kappa shape index (κ1) is 14.0. The number of pyridine rings is 1. The number of hydrogen-bond acceptors (Lipinski definition) is 3. The molecule has 0 spiro atoms. The minimum Gasteiger partial charge on any atom is -0.377 e. The molecule has 1 aromatic heterocycles. The lowest BCUT2D eigenvalue weighted by molar-refractivity contribution is 0.0336. The number of hydrogen-bond donors (Lipinski definition) is 1. The van der Waals surface area contributed by atoms with Crippen LogP contribution in [0.5, 0.6) is 0 Å². The Hall–Kier alpha value is -1.45. The molecule has 3 heteroatoms. The van der Waals surface area contributed by atoms with Crippen LogP contribution in [0.25, 0.3) is 10.8 Å². The lowest BCUT2D eigenvalue weighted by Gasteiger charge is -2.27. The molecule has 1 heterocycles. The topological polar surface area (TPSA) is 34.1 Å². The maximum absolute atomic E-state index is 5.86. The number of benzene rings is 1. The summed E-state index contributed by atoms with van der Waals surface area (Å²) in [6.45, 7) is 4.93. The predicted molar refractivity (Wildman–Crippen MR) is 79.2 cm³/mol. The summed E-state index contributed by atoms with van der Waals surface area (Å²) in [6.07, 6.45) is 5.00. The molecule has 102 valence electrons. The molecule has 2 aromatic rings. The molecule has 0 saturated carbocycles. The Labute approximate surface area is 115 Å². The highest BCUT2D eigenvalue weighted by Gasteiger charge is 2.22. The molecular weight excluding hydrogens is 236 g/mol. The Kier molecular flexibility index (Phi) is 4.88. The number of likely N-dealkylation sites (N-methyl/N-ethyl adjacent to an activating group) is 1. The molecule has 2 rings (SSSR count). The summed E-state index contributed by atoms with van der Waals surface area (Å²) in [6, 6.07) is 8.53. The fraction of sp³-hybridized carbons (Fsp3) is 0.438. The number of nitrogens with zero attached hydrogens (tertiary/aromatic N) is 1. The van der Waals surface area contributed by atoms with Crippen molar-refractivity contribution in [1.29, 1.82) is 0 Å². The van der Waals surface area contributed by atoms with Crippen LogP contribution in [0.15, 0.2) is 36.7 Å². The van der Waals surface area contributed by atoms with E-state index in [0.29, 0.717) is 0 Å². The van der Waals surface area contributed by atoms with Crippen LogP contribution in [0.1, 0.15) is 31.9 Å². The van der Waals surface area contributed by atoms with E-state index in [1.54, 1.807) is 0 Å². The van der Waals surface area contributed by atoms with Gasteiger partial charge in [0.05, 0.1) is 12.1 Å². The highest BCUT2D eigenvalue weighted by atomic mass is 16.5. The zero-order valence-corrected chi connectivity index (χ0v) is 11.9. The first-order valence-corrected chi connectivity index (χ1v) is 6.93. The summed E-state index contributed by atoms with van der Waals surface area (Å²) < 4.78 is 5.86. The minimum absolute atomic E-state index is 0.169. The van der Waals surface area contributed by atoms with E-state index >= 15 is 0 Å². The van der Waals surface area contributed by atoms with Crippen molar-refractivity contribution in [1.82, 2.24) is 10.3 Å². The zero-order valence-electron chi connectivity index (χ0n) is 11.9. The van der Waals surface area contributed by atoms with Gasteiger partial charge < -0.3 is 10.1 Å². The van der Waals surface area contributed by atoms with Gasteiger partial charge in [0.15, 0.2) is 0 Å². The van der Waals surface area contributed by atoms with Crippen LogP contribution in [0.2, 0.25) is 0 Å². The maximum atomic E-state index is 5.86. The summed E-state index contributed by atoms with van der Waals surface area (Å²) >= 11 is 0. The fourth-order valence-corrected chi connectivity index (χ4v) is 2.59. The van der Waals surface area contributed by atoms with Gasteiger partial charge in [-0.05, 0) is 31.3 Å². The molecule has 2 atom stereocenters. The Morgan fingerprint density at radius 3 is 2.68 bits per heavy atom. The van der Waals surface area contributed by atoms with Crippen LogP contribution in [-0.4, -0.2) is 24.7 Å². The van der Waals surface area contributed by atoms with E-state index in [-0.39, 0.29) is 12.1 Å². The molecule has 19 heavy (non-hydrogen) atoms. The molecule has 0 bridgehead atoms. The van der Waals surface area contributed by atoms with Gasteiger partial charge in [-0.1, -0.05) is 31.2 Å². The van der Waals surface area contributed by atoms with Gasteiger partial charge in [-0.3, -0.25) is 4.98 Å². The van der Waals surface area contributed by atoms with Crippen molar-refractivity contribution >= 4 is 10.8 Å². The highest BCUT2D eigenvalue weighted by Crippen LogP contribution is 2.27. The number of nitrogens with one attached hydrogen (secondary N) is 1. The normalized spacial score (nSPS) is 14.5. The van der Waals surface area contributed by atoms with E-state index in [0.717, 1.165) is 13.0 Å². The second-order valence-corrected chi connectivity index (χ2v) is 4.62. The van der Waals surface area contributed by atoms with E-state index < -0.39 is 0 Å². The van der Waals surface area contributed by atoms with E-state index in [1.165, 1.54) is 16.3 Å². The van der Waals surface area contributed by atoms with E-state index in [2.05, 4.69) is 35.4 Å². The van der Waals surface area contributed by atoms with E-state index in [1.807, 2.05) is 32.4 Å². The Balaban J connectivity index is 2.45. The van der Waals surface area contributed by atoms with Gasteiger partial charge in [-0.15, -0.1) is 0 Å². The van der Waals surface area contributed by atoms with Gasteiger partial charge in [-0.2, -0.15) is 0 Å². The third-order valence-electron chi connectivity index (χ3n) is 3.50. The van der Waals surface area contributed by atoms with Crippen LogP contribution in [-0.2, 0) is 4.74 Å². The largest absolute Gasteiger partial charge is 0.377 e. The summed E-state index contributed by atoms with van der Waals surface area (Å²) in [5.74, 6) is 0. The minimum atomic E-state index is 0.169. The van der Waals surface area contributed by atoms with Gasteiger partial charge in [0.25, 0.3) is 0 Å². The average molecular weight is 258 g/mol. The predicted octanol–water partition coefficient (Wildman–Crippen LogP) is 3.31. The smallest absolute Gasteiger partial charge is 0.0767 e. The Bertz CT molecular complexity index is 522. The van der Waals surface area contributed by atoms with Crippen molar-refractivity contribution < 1.29 is 4.74 Å². The highest BCUT2D eigenvalue weighted by molar-refractivity contribution is 5.85. The molecule has 0 aliphatic heterocycles. The van der Waals surface area contributed by atoms with Crippen molar-refractivity contribution in [2.45, 2.75) is 32.4 Å². The summed E-state index contributed by atoms with van der Waals surface area (Å²) in [5.41, 5.74) is 1.21.